The Morgan fingerprint density at radius 3 is 2.16 bits per heavy atom. The standard InChI is InChI=1S/C13H13NO5/c15-10-8-13(11(16)17,12(18)19)6-7-14(10)9-4-2-1-3-5-9/h1-5H,6-8H2,(H,16,17)(H,18,19). The summed E-state index contributed by atoms with van der Waals surface area (Å²) in [6.45, 7) is 0.0848. The minimum atomic E-state index is -2.00. The molecule has 19 heavy (non-hydrogen) atoms. The van der Waals surface area contributed by atoms with E-state index in [-0.39, 0.29) is 13.0 Å². The number of carbonyl (C=O) groups excluding carboxylic acids is 1. The summed E-state index contributed by atoms with van der Waals surface area (Å²) in [6, 6.07) is 8.79. The molecule has 0 unspecified atom stereocenters. The molecule has 1 fully saturated rings. The van der Waals surface area contributed by atoms with Gasteiger partial charge in [0, 0.05) is 12.2 Å². The average Bonchev–Trinajstić information content (AvgIpc) is 2.39. The number of amides is 1. The molecule has 0 aromatic heterocycles. The van der Waals surface area contributed by atoms with Crippen LogP contribution in [0.3, 0.4) is 0 Å². The van der Waals surface area contributed by atoms with Gasteiger partial charge in [-0.3, -0.25) is 14.4 Å². The second-order valence-corrected chi connectivity index (χ2v) is 4.50. The van der Waals surface area contributed by atoms with Crippen molar-refractivity contribution in [3.05, 3.63) is 30.3 Å². The third-order valence-corrected chi connectivity index (χ3v) is 3.40. The van der Waals surface area contributed by atoms with E-state index in [1.165, 1.54) is 4.90 Å². The number of para-hydroxylation sites is 1. The van der Waals surface area contributed by atoms with E-state index in [1.807, 2.05) is 0 Å². The van der Waals surface area contributed by atoms with Crippen LogP contribution in [0.1, 0.15) is 12.8 Å². The molecule has 1 aromatic rings. The summed E-state index contributed by atoms with van der Waals surface area (Å²) in [4.78, 5) is 35.7. The van der Waals surface area contributed by atoms with Gasteiger partial charge in [-0.25, -0.2) is 0 Å². The van der Waals surface area contributed by atoms with Crippen LogP contribution < -0.4 is 4.90 Å². The van der Waals surface area contributed by atoms with Crippen molar-refractivity contribution in [1.29, 1.82) is 0 Å². The lowest BCUT2D eigenvalue weighted by Gasteiger charge is -2.35. The fraction of sp³-hybridized carbons (Fsp3) is 0.308. The van der Waals surface area contributed by atoms with Crippen molar-refractivity contribution in [3.63, 3.8) is 0 Å². The normalized spacial score (nSPS) is 18.1. The highest BCUT2D eigenvalue weighted by Crippen LogP contribution is 2.34. The molecule has 0 radical (unpaired) electrons. The molecule has 2 rings (SSSR count). The van der Waals surface area contributed by atoms with Crippen LogP contribution in [0, 0.1) is 5.41 Å². The Bertz CT molecular complexity index is 511. The summed E-state index contributed by atoms with van der Waals surface area (Å²) in [7, 11) is 0. The number of carboxylic acids is 2. The van der Waals surface area contributed by atoms with Crippen LogP contribution in [0.15, 0.2) is 30.3 Å². The predicted molar refractivity (Wildman–Crippen MR) is 65.7 cm³/mol. The van der Waals surface area contributed by atoms with Gasteiger partial charge in [-0.1, -0.05) is 18.2 Å². The Balaban J connectivity index is 2.26. The van der Waals surface area contributed by atoms with Crippen LogP contribution >= 0.6 is 0 Å². The van der Waals surface area contributed by atoms with Gasteiger partial charge in [0.1, 0.15) is 0 Å². The van der Waals surface area contributed by atoms with Crippen LogP contribution in [0.5, 0.6) is 0 Å². The molecule has 1 heterocycles. The lowest BCUT2D eigenvalue weighted by Crippen LogP contribution is -2.51. The third-order valence-electron chi connectivity index (χ3n) is 3.40. The number of aliphatic carboxylic acids is 2. The molecule has 1 amide bonds. The summed E-state index contributed by atoms with van der Waals surface area (Å²) < 4.78 is 0. The number of nitrogens with zero attached hydrogens (tertiary/aromatic N) is 1. The monoisotopic (exact) mass is 263 g/mol. The molecule has 1 saturated heterocycles. The van der Waals surface area contributed by atoms with Gasteiger partial charge in [-0.05, 0) is 18.6 Å². The van der Waals surface area contributed by atoms with Gasteiger partial charge in [0.25, 0.3) is 0 Å². The fourth-order valence-corrected chi connectivity index (χ4v) is 2.21. The molecule has 1 aliphatic rings. The summed E-state index contributed by atoms with van der Waals surface area (Å²) in [5.74, 6) is -3.40. The van der Waals surface area contributed by atoms with Crippen molar-refractivity contribution in [2.45, 2.75) is 12.8 Å². The van der Waals surface area contributed by atoms with Crippen LogP contribution in [0.2, 0.25) is 0 Å². The highest BCUT2D eigenvalue weighted by molar-refractivity contribution is 6.06. The van der Waals surface area contributed by atoms with Crippen LogP contribution in [-0.4, -0.2) is 34.6 Å². The molecular formula is C13H13NO5. The Morgan fingerprint density at radius 2 is 1.68 bits per heavy atom. The van der Waals surface area contributed by atoms with Crippen LogP contribution in [0.4, 0.5) is 5.69 Å². The number of benzene rings is 1. The van der Waals surface area contributed by atoms with Gasteiger partial charge in [0.2, 0.25) is 5.91 Å². The zero-order valence-corrected chi connectivity index (χ0v) is 10.1. The van der Waals surface area contributed by atoms with Gasteiger partial charge in [-0.15, -0.1) is 0 Å². The topological polar surface area (TPSA) is 94.9 Å². The first-order valence-corrected chi connectivity index (χ1v) is 5.79. The molecule has 100 valence electrons. The molecule has 1 aliphatic heterocycles. The largest absolute Gasteiger partial charge is 0.480 e. The van der Waals surface area contributed by atoms with Crippen molar-refractivity contribution >= 4 is 23.5 Å². The molecule has 0 atom stereocenters. The van der Waals surface area contributed by atoms with E-state index in [9.17, 15) is 14.4 Å². The van der Waals surface area contributed by atoms with Crippen LogP contribution in [-0.2, 0) is 14.4 Å². The maximum Gasteiger partial charge on any atom is 0.321 e. The van der Waals surface area contributed by atoms with E-state index >= 15 is 0 Å². The number of piperidine rings is 1. The number of carboxylic acid groups (broad SMARTS) is 2. The van der Waals surface area contributed by atoms with E-state index in [0.717, 1.165) is 0 Å². The second-order valence-electron chi connectivity index (χ2n) is 4.50. The van der Waals surface area contributed by atoms with E-state index in [4.69, 9.17) is 10.2 Å². The molecule has 6 heteroatoms. The zero-order valence-electron chi connectivity index (χ0n) is 10.1. The minimum Gasteiger partial charge on any atom is -0.480 e. The number of carbonyl (C=O) groups is 3. The first-order valence-electron chi connectivity index (χ1n) is 5.79. The van der Waals surface area contributed by atoms with Gasteiger partial charge in [0.05, 0.1) is 6.42 Å². The van der Waals surface area contributed by atoms with Gasteiger partial charge < -0.3 is 15.1 Å². The van der Waals surface area contributed by atoms with Crippen molar-refractivity contribution in [2.24, 2.45) is 5.41 Å². The summed E-state index contributed by atoms with van der Waals surface area (Å²) >= 11 is 0. The third kappa shape index (κ3) is 2.16. The SMILES string of the molecule is O=C1CC(C(=O)O)(C(=O)O)CCN1c1ccccc1. The molecule has 6 nitrogen and oxygen atoms in total. The Kier molecular flexibility index (Phi) is 3.25. The summed E-state index contributed by atoms with van der Waals surface area (Å²) in [6.07, 6.45) is -0.620. The number of rotatable bonds is 3. The van der Waals surface area contributed by atoms with Crippen molar-refractivity contribution < 1.29 is 24.6 Å². The van der Waals surface area contributed by atoms with Gasteiger partial charge >= 0.3 is 11.9 Å². The number of hydrogen-bond acceptors (Lipinski definition) is 3. The summed E-state index contributed by atoms with van der Waals surface area (Å²) in [5.41, 5.74) is -1.35. The summed E-state index contributed by atoms with van der Waals surface area (Å²) in [5, 5.41) is 18.2. The fourth-order valence-electron chi connectivity index (χ4n) is 2.21. The van der Waals surface area contributed by atoms with Gasteiger partial charge in [-0.2, -0.15) is 0 Å². The minimum absolute atomic E-state index is 0.0848. The van der Waals surface area contributed by atoms with E-state index in [2.05, 4.69) is 0 Å². The lowest BCUT2D eigenvalue weighted by atomic mass is 9.78. The Hall–Kier alpha value is -2.37. The molecule has 2 N–H and O–H groups in total. The number of anilines is 1. The highest BCUT2D eigenvalue weighted by Gasteiger charge is 2.51. The molecule has 1 aromatic carbocycles. The van der Waals surface area contributed by atoms with Crippen molar-refractivity contribution in [3.8, 4) is 0 Å². The molecule has 0 saturated carbocycles. The van der Waals surface area contributed by atoms with Crippen molar-refractivity contribution in [1.82, 2.24) is 0 Å². The van der Waals surface area contributed by atoms with E-state index in [1.54, 1.807) is 30.3 Å². The predicted octanol–water partition coefficient (Wildman–Crippen LogP) is 0.969. The second kappa shape index (κ2) is 4.72. The molecular weight excluding hydrogens is 250 g/mol. The van der Waals surface area contributed by atoms with E-state index < -0.39 is 29.7 Å². The first kappa shape index (κ1) is 13.1. The van der Waals surface area contributed by atoms with Gasteiger partial charge in [0.15, 0.2) is 5.41 Å². The molecule has 0 bridgehead atoms. The maximum atomic E-state index is 12.0. The smallest absolute Gasteiger partial charge is 0.321 e. The number of hydrogen-bond donors (Lipinski definition) is 2. The molecule has 0 spiro atoms. The average molecular weight is 263 g/mol. The quantitative estimate of drug-likeness (QED) is 0.792. The zero-order chi connectivity index (χ0) is 14.0. The maximum absolute atomic E-state index is 12.0. The lowest BCUT2D eigenvalue weighted by molar-refractivity contribution is -0.168. The first-order chi connectivity index (χ1) is 8.97. The van der Waals surface area contributed by atoms with Crippen molar-refractivity contribution in [2.75, 3.05) is 11.4 Å². The Labute approximate surface area is 109 Å². The Morgan fingerprint density at radius 1 is 1.11 bits per heavy atom. The highest BCUT2D eigenvalue weighted by atomic mass is 16.4. The molecule has 0 aliphatic carbocycles. The van der Waals surface area contributed by atoms with E-state index in [0.29, 0.717) is 5.69 Å². The van der Waals surface area contributed by atoms with Crippen LogP contribution in [0.25, 0.3) is 0 Å².